The number of halogens is 1. The smallest absolute Gasteiger partial charge is 0.221 e. The van der Waals surface area contributed by atoms with Crippen molar-refractivity contribution >= 4 is 34.3 Å². The molecule has 0 saturated heterocycles. The Kier molecular flexibility index (Phi) is 8.32. The number of allylic oxidation sites excluding steroid dienone is 3. The number of rotatable bonds is 11. The van der Waals surface area contributed by atoms with Gasteiger partial charge in [-0.05, 0) is 80.6 Å². The molecular formula is C34H41ClN2O3. The van der Waals surface area contributed by atoms with E-state index < -0.39 is 0 Å². The second-order valence-electron chi connectivity index (χ2n) is 11.3. The average molecular weight is 561 g/mol. The Morgan fingerprint density at radius 2 is 1.57 bits per heavy atom. The number of hydrogen-bond donors (Lipinski definition) is 0. The number of benzene rings is 2. The zero-order chi connectivity index (χ0) is 28.4. The number of nitrogens with zero attached hydrogens (tertiary/aromatic N) is 2. The lowest BCUT2D eigenvalue weighted by atomic mass is 9.69. The topological polar surface area (TPSA) is 42.0 Å². The zero-order valence-electron chi connectivity index (χ0n) is 24.5. The Morgan fingerprint density at radius 1 is 0.875 bits per heavy atom. The van der Waals surface area contributed by atoms with Gasteiger partial charge in [-0.15, -0.1) is 0 Å². The Balaban J connectivity index is 1.38. The minimum absolute atomic E-state index is 0.217. The van der Waals surface area contributed by atoms with Crippen molar-refractivity contribution in [3.8, 4) is 11.5 Å². The molecule has 5 rings (SSSR count). The van der Waals surface area contributed by atoms with E-state index in [4.69, 9.17) is 21.1 Å². The standard InChI is InChI=1S/C34H41ClN2O3/c1-6-36(7-2)25-15-13-23-18-27-31(39-29(23)20-25)22-32-28(34(27,4)5)19-24-14-16-26(21-30(24)40-32)37(8-3)17-11-9-10-12-33(35)38/h13-16,19-22H,6-12,17-18H2,1-5H3. The van der Waals surface area contributed by atoms with E-state index in [1.807, 2.05) is 0 Å². The van der Waals surface area contributed by atoms with Crippen molar-refractivity contribution in [1.82, 2.24) is 0 Å². The maximum atomic E-state index is 11.0. The van der Waals surface area contributed by atoms with Crippen molar-refractivity contribution in [2.75, 3.05) is 36.0 Å². The summed E-state index contributed by atoms with van der Waals surface area (Å²) in [5, 5.41) is -0.248. The minimum atomic E-state index is -0.248. The van der Waals surface area contributed by atoms with Crippen molar-refractivity contribution in [1.29, 1.82) is 0 Å². The van der Waals surface area contributed by atoms with Crippen LogP contribution in [0.5, 0.6) is 11.5 Å². The van der Waals surface area contributed by atoms with E-state index in [0.717, 1.165) is 86.1 Å². The van der Waals surface area contributed by atoms with Crippen LogP contribution in [0.4, 0.5) is 11.4 Å². The first-order chi connectivity index (χ1) is 19.2. The third-order valence-corrected chi connectivity index (χ3v) is 8.77. The van der Waals surface area contributed by atoms with Crippen LogP contribution in [-0.2, 0) is 11.2 Å². The highest BCUT2D eigenvalue weighted by Gasteiger charge is 2.41. The molecule has 3 aliphatic rings. The molecule has 0 amide bonds. The van der Waals surface area contributed by atoms with Gasteiger partial charge in [-0.2, -0.15) is 0 Å². The summed E-state index contributed by atoms with van der Waals surface area (Å²) in [6.07, 6.45) is 8.54. The Hall–Kier alpha value is -3.18. The highest BCUT2D eigenvalue weighted by atomic mass is 35.5. The van der Waals surface area contributed by atoms with Crippen molar-refractivity contribution in [3.05, 3.63) is 76.3 Å². The fraction of sp³-hybridized carbons (Fsp3) is 0.441. The molecule has 2 heterocycles. The van der Waals surface area contributed by atoms with Crippen molar-refractivity contribution in [2.24, 2.45) is 5.41 Å². The molecule has 0 saturated carbocycles. The van der Waals surface area contributed by atoms with E-state index in [2.05, 4.69) is 93.0 Å². The van der Waals surface area contributed by atoms with Gasteiger partial charge in [0.15, 0.2) is 0 Å². The van der Waals surface area contributed by atoms with E-state index >= 15 is 0 Å². The monoisotopic (exact) mass is 560 g/mol. The molecule has 40 heavy (non-hydrogen) atoms. The number of ether oxygens (including phenoxy) is 2. The number of carbonyl (C=O) groups is 1. The maximum absolute atomic E-state index is 11.0. The summed E-state index contributed by atoms with van der Waals surface area (Å²) in [4.78, 5) is 15.7. The number of unbranched alkanes of at least 4 members (excludes halogenated alkanes) is 2. The second-order valence-corrected chi connectivity index (χ2v) is 11.8. The SMILES string of the molecule is CCN(CC)c1ccc2c(c1)OC1=C(C2)C(C)(C)C2=Cc3ccc(N(CC)CCCCCC(=O)Cl)cc3OC2=C1. The molecule has 0 spiro atoms. The van der Waals surface area contributed by atoms with Gasteiger partial charge in [0.1, 0.15) is 23.0 Å². The van der Waals surface area contributed by atoms with Gasteiger partial charge >= 0.3 is 0 Å². The van der Waals surface area contributed by atoms with Crippen LogP contribution in [0.25, 0.3) is 6.08 Å². The largest absolute Gasteiger partial charge is 0.457 e. The van der Waals surface area contributed by atoms with Crippen LogP contribution in [0.1, 0.15) is 71.4 Å². The molecule has 2 aromatic carbocycles. The number of hydrogen-bond acceptors (Lipinski definition) is 5. The summed E-state index contributed by atoms with van der Waals surface area (Å²) in [5.41, 5.74) is 6.95. The van der Waals surface area contributed by atoms with Crippen LogP contribution in [0, 0.1) is 5.41 Å². The predicted octanol–water partition coefficient (Wildman–Crippen LogP) is 8.27. The van der Waals surface area contributed by atoms with Crippen molar-refractivity contribution < 1.29 is 14.3 Å². The second kappa shape index (κ2) is 11.7. The third-order valence-electron chi connectivity index (χ3n) is 8.58. The first-order valence-electron chi connectivity index (χ1n) is 14.7. The summed E-state index contributed by atoms with van der Waals surface area (Å²) in [7, 11) is 0. The minimum Gasteiger partial charge on any atom is -0.457 e. The van der Waals surface area contributed by atoms with E-state index in [1.54, 1.807) is 0 Å². The van der Waals surface area contributed by atoms with Gasteiger partial charge < -0.3 is 19.3 Å². The van der Waals surface area contributed by atoms with Gasteiger partial charge in [0.05, 0.1) is 0 Å². The molecule has 2 aliphatic heterocycles. The molecule has 0 bridgehead atoms. The highest BCUT2D eigenvalue weighted by molar-refractivity contribution is 6.63. The Morgan fingerprint density at radius 3 is 2.30 bits per heavy atom. The molecule has 5 nitrogen and oxygen atoms in total. The van der Waals surface area contributed by atoms with Gasteiger partial charge in [0.2, 0.25) is 5.24 Å². The van der Waals surface area contributed by atoms with Crippen molar-refractivity contribution in [3.63, 3.8) is 0 Å². The van der Waals surface area contributed by atoms with Gasteiger partial charge in [-0.3, -0.25) is 4.79 Å². The summed E-state index contributed by atoms with van der Waals surface area (Å²) >= 11 is 5.48. The number of carbonyl (C=O) groups excluding carboxylic acids is 1. The fourth-order valence-electron chi connectivity index (χ4n) is 6.09. The lowest BCUT2D eigenvalue weighted by Crippen LogP contribution is -2.31. The molecular weight excluding hydrogens is 520 g/mol. The van der Waals surface area contributed by atoms with E-state index in [1.165, 1.54) is 22.4 Å². The lowest BCUT2D eigenvalue weighted by molar-refractivity contribution is -0.111. The first-order valence-corrected chi connectivity index (χ1v) is 15.1. The van der Waals surface area contributed by atoms with Gasteiger partial charge in [0.25, 0.3) is 0 Å². The molecule has 0 radical (unpaired) electrons. The maximum Gasteiger partial charge on any atom is 0.221 e. The molecule has 212 valence electrons. The molecule has 0 aromatic heterocycles. The van der Waals surface area contributed by atoms with Gasteiger partial charge in [-0.1, -0.05) is 26.3 Å². The normalized spacial score (nSPS) is 16.4. The van der Waals surface area contributed by atoms with Crippen LogP contribution in [0.15, 0.2) is 65.1 Å². The van der Waals surface area contributed by atoms with Crippen molar-refractivity contribution in [2.45, 2.75) is 66.7 Å². The predicted molar refractivity (Wildman–Crippen MR) is 165 cm³/mol. The number of fused-ring (bicyclic) bond motifs is 3. The molecule has 0 atom stereocenters. The molecule has 2 aromatic rings. The highest BCUT2D eigenvalue weighted by Crippen LogP contribution is 2.52. The Labute approximate surface area is 244 Å². The van der Waals surface area contributed by atoms with Crippen LogP contribution < -0.4 is 19.3 Å². The molecule has 0 unspecified atom stereocenters. The zero-order valence-corrected chi connectivity index (χ0v) is 25.2. The van der Waals surface area contributed by atoms with Crippen LogP contribution in [0.2, 0.25) is 0 Å². The summed E-state index contributed by atoms with van der Waals surface area (Å²) in [6.45, 7) is 14.9. The third kappa shape index (κ3) is 5.54. The Bertz CT molecular complexity index is 1380. The molecule has 1 aliphatic carbocycles. The first kappa shape index (κ1) is 28.4. The van der Waals surface area contributed by atoms with Gasteiger partial charge in [-0.25, -0.2) is 0 Å². The van der Waals surface area contributed by atoms with Crippen LogP contribution >= 0.6 is 11.6 Å². The number of anilines is 2. The summed E-state index contributed by atoms with van der Waals surface area (Å²) < 4.78 is 13.2. The quantitative estimate of drug-likeness (QED) is 0.204. The van der Waals surface area contributed by atoms with Crippen LogP contribution in [-0.4, -0.2) is 31.4 Å². The van der Waals surface area contributed by atoms with E-state index in [-0.39, 0.29) is 10.7 Å². The molecule has 0 fully saturated rings. The van der Waals surface area contributed by atoms with Crippen LogP contribution in [0.3, 0.4) is 0 Å². The lowest BCUT2D eigenvalue weighted by Gasteiger charge is -2.41. The van der Waals surface area contributed by atoms with E-state index in [0.29, 0.717) is 6.42 Å². The molecule has 0 N–H and O–H groups in total. The van der Waals surface area contributed by atoms with Gasteiger partial charge in [0, 0.05) is 85.2 Å². The molecule has 6 heteroatoms. The summed E-state index contributed by atoms with van der Waals surface area (Å²) in [5.74, 6) is 3.59. The summed E-state index contributed by atoms with van der Waals surface area (Å²) in [6, 6.07) is 13.1. The average Bonchev–Trinajstić information content (AvgIpc) is 2.94. The van der Waals surface area contributed by atoms with E-state index in [9.17, 15) is 4.79 Å². The fourth-order valence-corrected chi connectivity index (χ4v) is 6.22.